The highest BCUT2D eigenvalue weighted by atomic mass is 79.9. The molecule has 0 unspecified atom stereocenters. The van der Waals surface area contributed by atoms with Crippen molar-refractivity contribution in [1.82, 2.24) is 9.97 Å². The summed E-state index contributed by atoms with van der Waals surface area (Å²) in [4.78, 5) is 10.9. The fourth-order valence-corrected chi connectivity index (χ4v) is 1.85. The molecule has 0 saturated heterocycles. The van der Waals surface area contributed by atoms with E-state index in [2.05, 4.69) is 57.6 Å². The van der Waals surface area contributed by atoms with Crippen molar-refractivity contribution in [2.45, 2.75) is 39.7 Å². The van der Waals surface area contributed by atoms with Gasteiger partial charge in [0.25, 0.3) is 0 Å². The Morgan fingerprint density at radius 2 is 2.12 bits per heavy atom. The van der Waals surface area contributed by atoms with Crippen LogP contribution >= 0.6 is 15.9 Å². The molecule has 4 heteroatoms. The van der Waals surface area contributed by atoms with Gasteiger partial charge in [0.15, 0.2) is 0 Å². The monoisotopic (exact) mass is 285 g/mol. The quantitative estimate of drug-likeness (QED) is 0.753. The number of anilines is 1. The van der Waals surface area contributed by atoms with E-state index in [-0.39, 0.29) is 0 Å². The molecule has 3 nitrogen and oxygen atoms in total. The lowest BCUT2D eigenvalue weighted by Gasteiger charge is -2.27. The molecular formula is C12H20BrN3. The Bertz CT molecular complexity index is 315. The second-order valence-electron chi connectivity index (χ2n) is 4.05. The van der Waals surface area contributed by atoms with Crippen LogP contribution in [0.5, 0.6) is 0 Å². The first-order valence-electron chi connectivity index (χ1n) is 5.82. The first-order chi connectivity index (χ1) is 7.69. The highest BCUT2D eigenvalue weighted by molar-refractivity contribution is 9.09. The number of rotatable bonds is 6. The van der Waals surface area contributed by atoms with Gasteiger partial charge in [0.05, 0.1) is 0 Å². The van der Waals surface area contributed by atoms with Crippen LogP contribution in [0.4, 0.5) is 5.82 Å². The molecule has 0 bridgehead atoms. The third-order valence-electron chi connectivity index (χ3n) is 2.52. The lowest BCUT2D eigenvalue weighted by Crippen LogP contribution is -2.32. The maximum atomic E-state index is 4.36. The van der Waals surface area contributed by atoms with Crippen molar-refractivity contribution in [3.8, 4) is 0 Å². The number of hydrogen-bond acceptors (Lipinski definition) is 3. The van der Waals surface area contributed by atoms with Gasteiger partial charge in [-0.2, -0.15) is 0 Å². The normalized spacial score (nSPS) is 10.8. The van der Waals surface area contributed by atoms with Gasteiger partial charge in [-0.1, -0.05) is 22.9 Å². The summed E-state index contributed by atoms with van der Waals surface area (Å²) in [7, 11) is 0. The Hall–Kier alpha value is -0.640. The molecule has 0 N–H and O–H groups in total. The largest absolute Gasteiger partial charge is 0.354 e. The molecule has 90 valence electrons. The number of halogens is 1. The van der Waals surface area contributed by atoms with Crippen LogP contribution in [0.1, 0.15) is 32.9 Å². The summed E-state index contributed by atoms with van der Waals surface area (Å²) in [5, 5.41) is 1.03. The van der Waals surface area contributed by atoms with E-state index >= 15 is 0 Å². The van der Waals surface area contributed by atoms with Crippen molar-refractivity contribution < 1.29 is 0 Å². The molecule has 16 heavy (non-hydrogen) atoms. The van der Waals surface area contributed by atoms with E-state index in [9.17, 15) is 0 Å². The number of alkyl halides is 1. The fourth-order valence-electron chi connectivity index (χ4n) is 1.60. The Kier molecular flexibility index (Phi) is 5.74. The topological polar surface area (TPSA) is 29.0 Å². The third kappa shape index (κ3) is 3.74. The van der Waals surface area contributed by atoms with Crippen LogP contribution in [0.2, 0.25) is 0 Å². The van der Waals surface area contributed by atoms with Gasteiger partial charge in [0, 0.05) is 29.7 Å². The van der Waals surface area contributed by atoms with Gasteiger partial charge >= 0.3 is 0 Å². The standard InChI is InChI=1S/C12H20BrN3/c1-4-11-8-12(15-9-14-11)16(10(2)3)7-5-6-13/h8-10H,4-7H2,1-3H3. The number of aromatic nitrogens is 2. The van der Waals surface area contributed by atoms with E-state index in [0.717, 1.165) is 36.2 Å². The van der Waals surface area contributed by atoms with Crippen molar-refractivity contribution in [3.05, 3.63) is 18.1 Å². The Balaban J connectivity index is 2.82. The van der Waals surface area contributed by atoms with Gasteiger partial charge in [-0.15, -0.1) is 0 Å². The molecule has 1 rings (SSSR count). The van der Waals surface area contributed by atoms with E-state index in [4.69, 9.17) is 0 Å². The summed E-state index contributed by atoms with van der Waals surface area (Å²) in [6.07, 6.45) is 3.75. The molecule has 0 amide bonds. The first-order valence-corrected chi connectivity index (χ1v) is 6.94. The molecule has 0 spiro atoms. The molecule has 0 saturated carbocycles. The third-order valence-corrected chi connectivity index (χ3v) is 3.08. The lowest BCUT2D eigenvalue weighted by molar-refractivity contribution is 0.663. The first kappa shape index (κ1) is 13.4. The molecule has 1 aromatic heterocycles. The Morgan fingerprint density at radius 1 is 1.38 bits per heavy atom. The van der Waals surface area contributed by atoms with Gasteiger partial charge in [-0.25, -0.2) is 9.97 Å². The van der Waals surface area contributed by atoms with Gasteiger partial charge in [-0.05, 0) is 26.7 Å². The smallest absolute Gasteiger partial charge is 0.132 e. The molecule has 0 aliphatic heterocycles. The average Bonchev–Trinajstić information content (AvgIpc) is 2.29. The summed E-state index contributed by atoms with van der Waals surface area (Å²) in [5.74, 6) is 1.04. The average molecular weight is 286 g/mol. The van der Waals surface area contributed by atoms with Crippen LogP contribution in [-0.4, -0.2) is 27.9 Å². The molecule has 0 fully saturated rings. The zero-order valence-electron chi connectivity index (χ0n) is 10.3. The van der Waals surface area contributed by atoms with Gasteiger partial charge in [-0.3, -0.25) is 0 Å². The predicted molar refractivity (Wildman–Crippen MR) is 72.3 cm³/mol. The SMILES string of the molecule is CCc1cc(N(CCCBr)C(C)C)ncn1. The molecule has 0 radical (unpaired) electrons. The van der Waals surface area contributed by atoms with Gasteiger partial charge < -0.3 is 4.90 Å². The van der Waals surface area contributed by atoms with Crippen molar-refractivity contribution in [1.29, 1.82) is 0 Å². The second kappa shape index (κ2) is 6.84. The molecule has 1 heterocycles. The van der Waals surface area contributed by atoms with E-state index in [1.165, 1.54) is 0 Å². The van der Waals surface area contributed by atoms with Crippen molar-refractivity contribution in [2.75, 3.05) is 16.8 Å². The zero-order valence-corrected chi connectivity index (χ0v) is 11.9. The van der Waals surface area contributed by atoms with Crippen LogP contribution < -0.4 is 4.90 Å². The highest BCUT2D eigenvalue weighted by Crippen LogP contribution is 2.15. The van der Waals surface area contributed by atoms with Gasteiger partial charge in [0.1, 0.15) is 12.1 Å². The number of aryl methyl sites for hydroxylation is 1. The molecule has 0 aliphatic rings. The highest BCUT2D eigenvalue weighted by Gasteiger charge is 2.11. The van der Waals surface area contributed by atoms with E-state index in [1.807, 2.05) is 0 Å². The number of nitrogens with zero attached hydrogens (tertiary/aromatic N) is 3. The minimum absolute atomic E-state index is 0.471. The van der Waals surface area contributed by atoms with E-state index in [0.29, 0.717) is 6.04 Å². The van der Waals surface area contributed by atoms with Crippen molar-refractivity contribution in [2.24, 2.45) is 0 Å². The van der Waals surface area contributed by atoms with Crippen molar-refractivity contribution >= 4 is 21.7 Å². The predicted octanol–water partition coefficient (Wildman–Crippen LogP) is 3.04. The Morgan fingerprint density at radius 3 is 2.69 bits per heavy atom. The molecule has 0 aliphatic carbocycles. The molecule has 0 aromatic carbocycles. The molecule has 0 atom stereocenters. The van der Waals surface area contributed by atoms with Crippen LogP contribution in [0.3, 0.4) is 0 Å². The summed E-state index contributed by atoms with van der Waals surface area (Å²) < 4.78 is 0. The summed E-state index contributed by atoms with van der Waals surface area (Å²) in [5.41, 5.74) is 1.11. The summed E-state index contributed by atoms with van der Waals surface area (Å²) >= 11 is 3.47. The van der Waals surface area contributed by atoms with E-state index in [1.54, 1.807) is 6.33 Å². The zero-order chi connectivity index (χ0) is 12.0. The maximum absolute atomic E-state index is 4.36. The fraction of sp³-hybridized carbons (Fsp3) is 0.667. The van der Waals surface area contributed by atoms with Crippen molar-refractivity contribution in [3.63, 3.8) is 0 Å². The minimum Gasteiger partial charge on any atom is -0.354 e. The van der Waals surface area contributed by atoms with E-state index < -0.39 is 0 Å². The summed E-state index contributed by atoms with van der Waals surface area (Å²) in [6, 6.07) is 2.56. The van der Waals surface area contributed by atoms with Crippen LogP contribution in [0.25, 0.3) is 0 Å². The minimum atomic E-state index is 0.471. The number of hydrogen-bond donors (Lipinski definition) is 0. The summed E-state index contributed by atoms with van der Waals surface area (Å²) in [6.45, 7) is 7.54. The maximum Gasteiger partial charge on any atom is 0.132 e. The molecule has 1 aromatic rings. The Labute approximate surface area is 106 Å². The van der Waals surface area contributed by atoms with Crippen LogP contribution in [-0.2, 0) is 6.42 Å². The lowest BCUT2D eigenvalue weighted by atomic mass is 10.2. The van der Waals surface area contributed by atoms with Gasteiger partial charge in [0.2, 0.25) is 0 Å². The second-order valence-corrected chi connectivity index (χ2v) is 4.84. The van der Waals surface area contributed by atoms with Crippen LogP contribution in [0, 0.1) is 0 Å². The van der Waals surface area contributed by atoms with Crippen LogP contribution in [0.15, 0.2) is 12.4 Å². The molecular weight excluding hydrogens is 266 g/mol.